The number of amides is 2. The van der Waals surface area contributed by atoms with Crippen LogP contribution in [0.1, 0.15) is 26.7 Å². The Labute approximate surface area is 172 Å². The average molecular weight is 424 g/mol. The highest BCUT2D eigenvalue weighted by Crippen LogP contribution is 2.24. The van der Waals surface area contributed by atoms with Gasteiger partial charge in [-0.2, -0.15) is 4.31 Å². The second-order valence-corrected chi connectivity index (χ2v) is 9.84. The van der Waals surface area contributed by atoms with Crippen LogP contribution < -0.4 is 4.74 Å². The summed E-state index contributed by atoms with van der Waals surface area (Å²) in [5, 5.41) is 0. The number of methoxy groups -OCH3 is 1. The molecule has 0 spiro atoms. The molecule has 2 saturated heterocycles. The fourth-order valence-electron chi connectivity index (χ4n) is 3.73. The molecule has 1 atom stereocenters. The molecule has 1 aromatic carbocycles. The maximum Gasteiger partial charge on any atom is 0.247 e. The van der Waals surface area contributed by atoms with Crippen molar-refractivity contribution < 1.29 is 22.7 Å². The zero-order valence-corrected chi connectivity index (χ0v) is 18.0. The molecule has 0 unspecified atom stereocenters. The van der Waals surface area contributed by atoms with Gasteiger partial charge in [0.1, 0.15) is 5.75 Å². The molecule has 29 heavy (non-hydrogen) atoms. The van der Waals surface area contributed by atoms with Crippen LogP contribution in [0, 0.1) is 5.92 Å². The van der Waals surface area contributed by atoms with Gasteiger partial charge in [0.2, 0.25) is 21.8 Å². The van der Waals surface area contributed by atoms with Crippen molar-refractivity contribution >= 4 is 21.8 Å². The summed E-state index contributed by atoms with van der Waals surface area (Å²) in [6.45, 7) is 6.01. The van der Waals surface area contributed by atoms with Crippen LogP contribution in [0.25, 0.3) is 0 Å². The van der Waals surface area contributed by atoms with Gasteiger partial charge in [0.05, 0.1) is 24.5 Å². The summed E-state index contributed by atoms with van der Waals surface area (Å²) >= 11 is 0. The van der Waals surface area contributed by atoms with E-state index in [4.69, 9.17) is 4.74 Å². The number of rotatable bonds is 7. The van der Waals surface area contributed by atoms with E-state index in [0.29, 0.717) is 44.4 Å². The van der Waals surface area contributed by atoms with E-state index in [1.54, 1.807) is 12.1 Å². The van der Waals surface area contributed by atoms with Crippen LogP contribution in [0.3, 0.4) is 0 Å². The highest BCUT2D eigenvalue weighted by Gasteiger charge is 2.43. The monoisotopic (exact) mass is 423 g/mol. The summed E-state index contributed by atoms with van der Waals surface area (Å²) in [4.78, 5) is 28.5. The molecule has 2 amide bonds. The first-order chi connectivity index (χ1) is 13.7. The zero-order chi connectivity index (χ0) is 21.2. The van der Waals surface area contributed by atoms with Crippen LogP contribution in [-0.2, 0) is 19.6 Å². The molecule has 1 aromatic rings. The molecular weight excluding hydrogens is 394 g/mol. The fourth-order valence-corrected chi connectivity index (χ4v) is 5.15. The standard InChI is InChI=1S/C20H29N3O5S/c1-15(2)8-9-23-19(24)14-18(20(23)25)21-10-12-22(13-11-21)29(26,27)17-6-4-16(28-3)5-7-17/h4-7,15,18H,8-14H2,1-3H3/t18-/m0/s1. The number of imide groups is 1. The number of ether oxygens (including phenoxy) is 1. The first-order valence-corrected chi connectivity index (χ1v) is 11.4. The van der Waals surface area contributed by atoms with E-state index in [1.165, 1.54) is 28.4 Å². The molecule has 0 aromatic heterocycles. The second-order valence-electron chi connectivity index (χ2n) is 7.90. The lowest BCUT2D eigenvalue weighted by Gasteiger charge is -2.36. The molecule has 0 radical (unpaired) electrons. The summed E-state index contributed by atoms with van der Waals surface area (Å²) in [5.74, 6) is 0.734. The molecule has 160 valence electrons. The third-order valence-electron chi connectivity index (χ3n) is 5.56. The molecule has 0 bridgehead atoms. The molecule has 9 heteroatoms. The van der Waals surface area contributed by atoms with E-state index < -0.39 is 16.1 Å². The predicted octanol–water partition coefficient (Wildman–Crippen LogP) is 1.18. The third kappa shape index (κ3) is 4.62. The van der Waals surface area contributed by atoms with Crippen molar-refractivity contribution in [3.05, 3.63) is 24.3 Å². The number of carbonyl (C=O) groups is 2. The predicted molar refractivity (Wildman–Crippen MR) is 108 cm³/mol. The van der Waals surface area contributed by atoms with Crippen molar-refractivity contribution in [2.45, 2.75) is 37.6 Å². The van der Waals surface area contributed by atoms with Gasteiger partial charge < -0.3 is 4.74 Å². The average Bonchev–Trinajstić information content (AvgIpc) is 3.00. The Morgan fingerprint density at radius 2 is 1.69 bits per heavy atom. The molecular formula is C20H29N3O5S. The fraction of sp³-hybridized carbons (Fsp3) is 0.600. The van der Waals surface area contributed by atoms with E-state index in [0.717, 1.165) is 6.42 Å². The Balaban J connectivity index is 1.61. The number of nitrogens with zero attached hydrogens (tertiary/aromatic N) is 3. The van der Waals surface area contributed by atoms with E-state index in [9.17, 15) is 18.0 Å². The first-order valence-electron chi connectivity index (χ1n) is 9.96. The van der Waals surface area contributed by atoms with Crippen molar-refractivity contribution in [3.63, 3.8) is 0 Å². The largest absolute Gasteiger partial charge is 0.497 e. The Bertz CT molecular complexity index is 845. The number of sulfonamides is 1. The Hall–Kier alpha value is -1.97. The van der Waals surface area contributed by atoms with Gasteiger partial charge in [-0.1, -0.05) is 13.8 Å². The molecule has 2 heterocycles. The Morgan fingerprint density at radius 1 is 1.07 bits per heavy atom. The van der Waals surface area contributed by atoms with Crippen molar-refractivity contribution in [2.75, 3.05) is 39.8 Å². The number of piperazine rings is 1. The van der Waals surface area contributed by atoms with Gasteiger partial charge in [-0.15, -0.1) is 0 Å². The smallest absolute Gasteiger partial charge is 0.247 e. The van der Waals surface area contributed by atoms with Gasteiger partial charge in [0.15, 0.2) is 0 Å². The maximum absolute atomic E-state index is 12.9. The minimum atomic E-state index is -3.60. The van der Waals surface area contributed by atoms with Gasteiger partial charge in [-0.25, -0.2) is 8.42 Å². The van der Waals surface area contributed by atoms with E-state index in [-0.39, 0.29) is 23.1 Å². The number of carbonyl (C=O) groups excluding carboxylic acids is 2. The van der Waals surface area contributed by atoms with E-state index in [2.05, 4.69) is 13.8 Å². The lowest BCUT2D eigenvalue weighted by Crippen LogP contribution is -2.53. The van der Waals surface area contributed by atoms with Crippen molar-refractivity contribution in [3.8, 4) is 5.75 Å². The third-order valence-corrected chi connectivity index (χ3v) is 7.47. The van der Waals surface area contributed by atoms with E-state index >= 15 is 0 Å². The quantitative estimate of drug-likeness (QED) is 0.612. The number of hydrogen-bond acceptors (Lipinski definition) is 6. The van der Waals surface area contributed by atoms with Crippen LogP contribution in [0.2, 0.25) is 0 Å². The summed E-state index contributed by atoms with van der Waals surface area (Å²) in [6, 6.07) is 5.84. The highest BCUT2D eigenvalue weighted by atomic mass is 32.2. The van der Waals surface area contributed by atoms with Crippen LogP contribution in [0.5, 0.6) is 5.75 Å². The number of likely N-dealkylation sites (tertiary alicyclic amines) is 1. The molecule has 8 nitrogen and oxygen atoms in total. The summed E-state index contributed by atoms with van der Waals surface area (Å²) in [6.07, 6.45) is 0.972. The molecule has 2 aliphatic rings. The first kappa shape index (κ1) is 21.7. The minimum absolute atomic E-state index is 0.131. The summed E-state index contributed by atoms with van der Waals surface area (Å²) in [5.41, 5.74) is 0. The maximum atomic E-state index is 12.9. The number of hydrogen-bond donors (Lipinski definition) is 0. The lowest BCUT2D eigenvalue weighted by atomic mass is 10.1. The minimum Gasteiger partial charge on any atom is -0.497 e. The molecule has 2 fully saturated rings. The van der Waals surface area contributed by atoms with Crippen molar-refractivity contribution in [1.82, 2.24) is 14.1 Å². The van der Waals surface area contributed by atoms with Crippen molar-refractivity contribution in [2.24, 2.45) is 5.92 Å². The van der Waals surface area contributed by atoms with Crippen LogP contribution in [0.4, 0.5) is 0 Å². The van der Waals surface area contributed by atoms with Gasteiger partial charge in [-0.3, -0.25) is 19.4 Å². The van der Waals surface area contributed by atoms with Crippen molar-refractivity contribution in [1.29, 1.82) is 0 Å². The van der Waals surface area contributed by atoms with Crippen LogP contribution in [0.15, 0.2) is 29.2 Å². The Morgan fingerprint density at radius 3 is 2.24 bits per heavy atom. The van der Waals surface area contributed by atoms with Crippen LogP contribution >= 0.6 is 0 Å². The summed E-state index contributed by atoms with van der Waals surface area (Å²) < 4.78 is 32.3. The topological polar surface area (TPSA) is 87.2 Å². The van der Waals surface area contributed by atoms with Gasteiger partial charge in [0.25, 0.3) is 0 Å². The molecule has 3 rings (SSSR count). The molecule has 0 N–H and O–H groups in total. The lowest BCUT2D eigenvalue weighted by molar-refractivity contribution is -0.140. The van der Waals surface area contributed by atoms with Gasteiger partial charge in [-0.05, 0) is 36.6 Å². The Kier molecular flexibility index (Phi) is 6.60. The van der Waals surface area contributed by atoms with Gasteiger partial charge >= 0.3 is 0 Å². The number of benzene rings is 1. The molecule has 0 aliphatic carbocycles. The molecule has 2 aliphatic heterocycles. The second kappa shape index (κ2) is 8.81. The van der Waals surface area contributed by atoms with Gasteiger partial charge in [0, 0.05) is 32.7 Å². The summed E-state index contributed by atoms with van der Waals surface area (Å²) in [7, 11) is -2.07. The molecule has 0 saturated carbocycles. The normalized spacial score (nSPS) is 21.9. The highest BCUT2D eigenvalue weighted by molar-refractivity contribution is 7.89. The zero-order valence-electron chi connectivity index (χ0n) is 17.2. The van der Waals surface area contributed by atoms with Crippen LogP contribution in [-0.4, -0.2) is 80.2 Å². The SMILES string of the molecule is COc1ccc(S(=O)(=O)N2CCN([C@H]3CC(=O)N(CCC(C)C)C3=O)CC2)cc1. The van der Waals surface area contributed by atoms with E-state index in [1.807, 2.05) is 4.90 Å².